The monoisotopic (exact) mass is 492 g/mol. The molecule has 180 valence electrons. The van der Waals surface area contributed by atoms with Crippen LogP contribution < -0.4 is 10.1 Å². The first-order valence-corrected chi connectivity index (χ1v) is 11.5. The van der Waals surface area contributed by atoms with Crippen molar-refractivity contribution in [2.45, 2.75) is 27.7 Å². The maximum absolute atomic E-state index is 12.8. The van der Waals surface area contributed by atoms with E-state index in [0.29, 0.717) is 16.6 Å². The number of hydrogen-bond donors (Lipinski definition) is 1. The summed E-state index contributed by atoms with van der Waals surface area (Å²) >= 11 is 6.21. The Morgan fingerprint density at radius 3 is 2.49 bits per heavy atom. The van der Waals surface area contributed by atoms with E-state index in [1.54, 1.807) is 19.1 Å². The molecule has 8 nitrogen and oxygen atoms in total. The van der Waals surface area contributed by atoms with Gasteiger partial charge in [-0.1, -0.05) is 29.8 Å². The number of ether oxygens (including phenoxy) is 2. The lowest BCUT2D eigenvalue weighted by molar-refractivity contribution is -0.118. The number of hydrogen-bond acceptors (Lipinski definition) is 6. The molecule has 2 aromatic heterocycles. The third-order valence-corrected chi connectivity index (χ3v) is 6.02. The summed E-state index contributed by atoms with van der Waals surface area (Å²) in [4.78, 5) is 30.1. The van der Waals surface area contributed by atoms with Crippen molar-refractivity contribution in [1.82, 2.24) is 14.8 Å². The van der Waals surface area contributed by atoms with Crippen molar-refractivity contribution in [2.75, 3.05) is 18.5 Å². The molecule has 0 saturated heterocycles. The van der Waals surface area contributed by atoms with Crippen molar-refractivity contribution in [3.8, 4) is 11.6 Å². The van der Waals surface area contributed by atoms with Gasteiger partial charge >= 0.3 is 5.97 Å². The molecule has 9 heteroatoms. The number of anilines is 1. The van der Waals surface area contributed by atoms with Crippen LogP contribution in [0.25, 0.3) is 16.7 Å². The van der Waals surface area contributed by atoms with Gasteiger partial charge in [-0.25, -0.2) is 9.78 Å². The highest BCUT2D eigenvalue weighted by atomic mass is 35.5. The number of para-hydroxylation sites is 1. The number of aryl methyl sites for hydroxylation is 3. The first kappa shape index (κ1) is 24.2. The Balaban J connectivity index is 1.65. The van der Waals surface area contributed by atoms with Crippen LogP contribution in [0, 0.1) is 20.8 Å². The van der Waals surface area contributed by atoms with Crippen LogP contribution in [0.5, 0.6) is 5.75 Å². The number of esters is 1. The van der Waals surface area contributed by atoms with E-state index in [0.717, 1.165) is 27.6 Å². The molecule has 0 saturated carbocycles. The van der Waals surface area contributed by atoms with Crippen LogP contribution in [0.15, 0.2) is 48.7 Å². The van der Waals surface area contributed by atoms with E-state index in [-0.39, 0.29) is 24.6 Å². The van der Waals surface area contributed by atoms with Gasteiger partial charge in [-0.05, 0) is 68.7 Å². The van der Waals surface area contributed by atoms with Gasteiger partial charge in [-0.2, -0.15) is 9.78 Å². The standard InChI is InChI=1S/C26H25ClN4O4/c1-5-34-26(33)20-13-28-31(22-12-15(2)19-8-6-7-9-21(19)29-22)25(20)30-23(32)14-35-18-10-16(3)24(27)17(4)11-18/h6-13H,5,14H2,1-4H3,(H,30,32). The number of aromatic nitrogens is 3. The van der Waals surface area contributed by atoms with Gasteiger partial charge in [0.25, 0.3) is 5.91 Å². The quantitative estimate of drug-likeness (QED) is 0.356. The molecule has 0 aliphatic carbocycles. The van der Waals surface area contributed by atoms with Gasteiger partial charge in [-0.15, -0.1) is 0 Å². The highest BCUT2D eigenvalue weighted by Crippen LogP contribution is 2.27. The van der Waals surface area contributed by atoms with E-state index in [9.17, 15) is 9.59 Å². The highest BCUT2D eigenvalue weighted by Gasteiger charge is 2.23. The minimum atomic E-state index is -0.601. The number of nitrogens with one attached hydrogen (secondary N) is 1. The van der Waals surface area contributed by atoms with Crippen LogP contribution in [0.4, 0.5) is 5.82 Å². The molecule has 4 aromatic rings. The Morgan fingerprint density at radius 2 is 1.77 bits per heavy atom. The maximum Gasteiger partial charge on any atom is 0.343 e. The molecule has 0 spiro atoms. The Kier molecular flexibility index (Phi) is 7.02. The number of carbonyl (C=O) groups is 2. The summed E-state index contributed by atoms with van der Waals surface area (Å²) in [6, 6.07) is 13.1. The summed E-state index contributed by atoms with van der Waals surface area (Å²) < 4.78 is 12.2. The normalized spacial score (nSPS) is 10.9. The van der Waals surface area contributed by atoms with Crippen LogP contribution in [-0.2, 0) is 9.53 Å². The summed E-state index contributed by atoms with van der Waals surface area (Å²) in [7, 11) is 0. The summed E-state index contributed by atoms with van der Waals surface area (Å²) in [6.07, 6.45) is 1.35. The van der Waals surface area contributed by atoms with Gasteiger partial charge in [0.15, 0.2) is 18.2 Å². The van der Waals surface area contributed by atoms with E-state index in [4.69, 9.17) is 21.1 Å². The SMILES string of the molecule is CCOC(=O)c1cnn(-c2cc(C)c3ccccc3n2)c1NC(=O)COc1cc(C)c(Cl)c(C)c1. The number of nitrogens with zero attached hydrogens (tertiary/aromatic N) is 3. The first-order valence-electron chi connectivity index (χ1n) is 11.1. The second kappa shape index (κ2) is 10.1. The Hall–Kier alpha value is -3.91. The second-order valence-corrected chi connectivity index (χ2v) is 8.44. The van der Waals surface area contributed by atoms with Crippen LogP contribution in [0.1, 0.15) is 34.0 Å². The van der Waals surface area contributed by atoms with E-state index in [2.05, 4.69) is 15.4 Å². The van der Waals surface area contributed by atoms with Crippen molar-refractivity contribution >= 4 is 40.2 Å². The number of halogens is 1. The van der Waals surface area contributed by atoms with Gasteiger partial charge in [0.05, 0.1) is 18.3 Å². The lowest BCUT2D eigenvalue weighted by Crippen LogP contribution is -2.23. The molecular formula is C26H25ClN4O4. The second-order valence-electron chi connectivity index (χ2n) is 8.06. The van der Waals surface area contributed by atoms with Gasteiger partial charge < -0.3 is 14.8 Å². The molecule has 0 aliphatic rings. The molecule has 0 fully saturated rings. The van der Waals surface area contributed by atoms with Gasteiger partial charge in [0, 0.05) is 10.4 Å². The smallest absolute Gasteiger partial charge is 0.343 e. The van der Waals surface area contributed by atoms with E-state index < -0.39 is 11.9 Å². The van der Waals surface area contributed by atoms with Crippen molar-refractivity contribution in [3.05, 3.63) is 75.9 Å². The molecule has 0 aliphatic heterocycles. The fourth-order valence-electron chi connectivity index (χ4n) is 3.75. The minimum Gasteiger partial charge on any atom is -0.484 e. The fraction of sp³-hybridized carbons (Fsp3) is 0.231. The van der Waals surface area contributed by atoms with Gasteiger partial charge in [0.1, 0.15) is 11.3 Å². The highest BCUT2D eigenvalue weighted by molar-refractivity contribution is 6.32. The molecule has 35 heavy (non-hydrogen) atoms. The Morgan fingerprint density at radius 1 is 1.06 bits per heavy atom. The van der Waals surface area contributed by atoms with E-state index in [1.165, 1.54) is 10.9 Å². The summed E-state index contributed by atoms with van der Waals surface area (Å²) in [5.74, 6) is 0.0570. The summed E-state index contributed by atoms with van der Waals surface area (Å²) in [5, 5.41) is 8.73. The minimum absolute atomic E-state index is 0.117. The van der Waals surface area contributed by atoms with E-state index in [1.807, 2.05) is 51.1 Å². The third-order valence-electron chi connectivity index (χ3n) is 5.43. The van der Waals surface area contributed by atoms with Gasteiger partial charge in [0.2, 0.25) is 0 Å². The number of amides is 1. The lowest BCUT2D eigenvalue weighted by Gasteiger charge is -2.13. The Labute approximate surface area is 207 Å². The van der Waals surface area contributed by atoms with Crippen molar-refractivity contribution in [1.29, 1.82) is 0 Å². The molecular weight excluding hydrogens is 468 g/mol. The Bertz CT molecular complexity index is 1410. The number of fused-ring (bicyclic) bond motifs is 1. The summed E-state index contributed by atoms with van der Waals surface area (Å²) in [6.45, 7) is 7.31. The van der Waals surface area contributed by atoms with E-state index >= 15 is 0 Å². The molecule has 0 radical (unpaired) electrons. The zero-order valence-electron chi connectivity index (χ0n) is 19.9. The largest absolute Gasteiger partial charge is 0.484 e. The van der Waals surface area contributed by atoms with Gasteiger partial charge in [-0.3, -0.25) is 4.79 Å². The number of benzene rings is 2. The van der Waals surface area contributed by atoms with Crippen molar-refractivity contribution in [2.24, 2.45) is 0 Å². The number of pyridine rings is 1. The number of carbonyl (C=O) groups excluding carboxylic acids is 2. The maximum atomic E-state index is 12.8. The third kappa shape index (κ3) is 5.12. The lowest BCUT2D eigenvalue weighted by atomic mass is 10.1. The average molecular weight is 493 g/mol. The fourth-order valence-corrected chi connectivity index (χ4v) is 3.86. The molecule has 2 aromatic carbocycles. The summed E-state index contributed by atoms with van der Waals surface area (Å²) in [5.41, 5.74) is 3.56. The van der Waals surface area contributed by atoms with Crippen molar-refractivity contribution < 1.29 is 19.1 Å². The molecule has 0 bridgehead atoms. The van der Waals surface area contributed by atoms with Crippen LogP contribution in [-0.4, -0.2) is 39.9 Å². The number of rotatable bonds is 7. The molecule has 2 heterocycles. The van der Waals surface area contributed by atoms with Crippen LogP contribution >= 0.6 is 11.6 Å². The molecule has 1 amide bonds. The molecule has 1 N–H and O–H groups in total. The average Bonchev–Trinajstić information content (AvgIpc) is 3.24. The van der Waals surface area contributed by atoms with Crippen LogP contribution in [0.2, 0.25) is 5.02 Å². The molecule has 4 rings (SSSR count). The topological polar surface area (TPSA) is 95.3 Å². The zero-order valence-corrected chi connectivity index (χ0v) is 20.6. The molecule has 0 atom stereocenters. The van der Waals surface area contributed by atoms with Crippen molar-refractivity contribution in [3.63, 3.8) is 0 Å². The zero-order chi connectivity index (χ0) is 25.1. The first-order chi connectivity index (χ1) is 16.8. The van der Waals surface area contributed by atoms with Crippen LogP contribution in [0.3, 0.4) is 0 Å². The predicted octanol–water partition coefficient (Wildman–Crippen LogP) is 5.19. The predicted molar refractivity (Wildman–Crippen MR) is 135 cm³/mol. The molecule has 0 unspecified atom stereocenters.